The standard InChI is InChI=1S/C13H12ClFN2O/c14-10-5-3-7-16-13(10)17-8-12(18)9-4-1-2-6-11(9)15/h1-7,12,18H,8H2,(H,16,17)/t12-/m0/s1. The summed E-state index contributed by atoms with van der Waals surface area (Å²) in [5.74, 6) is 0.0356. The van der Waals surface area contributed by atoms with Crippen molar-refractivity contribution < 1.29 is 9.50 Å². The highest BCUT2D eigenvalue weighted by molar-refractivity contribution is 6.32. The lowest BCUT2D eigenvalue weighted by Gasteiger charge is -2.13. The summed E-state index contributed by atoms with van der Waals surface area (Å²) < 4.78 is 13.4. The first-order valence-electron chi connectivity index (χ1n) is 5.45. The maximum atomic E-state index is 13.4. The van der Waals surface area contributed by atoms with Crippen molar-refractivity contribution in [3.63, 3.8) is 0 Å². The van der Waals surface area contributed by atoms with Gasteiger partial charge >= 0.3 is 0 Å². The Bertz CT molecular complexity index is 536. The van der Waals surface area contributed by atoms with Gasteiger partial charge in [-0.15, -0.1) is 0 Å². The molecule has 0 bridgehead atoms. The van der Waals surface area contributed by atoms with Crippen LogP contribution in [0.2, 0.25) is 5.02 Å². The van der Waals surface area contributed by atoms with Crippen LogP contribution in [0.1, 0.15) is 11.7 Å². The summed E-state index contributed by atoms with van der Waals surface area (Å²) in [5, 5.41) is 13.2. The van der Waals surface area contributed by atoms with E-state index in [4.69, 9.17) is 11.6 Å². The van der Waals surface area contributed by atoms with Crippen LogP contribution in [-0.4, -0.2) is 16.6 Å². The number of aliphatic hydroxyl groups excluding tert-OH is 1. The zero-order chi connectivity index (χ0) is 13.0. The predicted octanol–water partition coefficient (Wildman–Crippen LogP) is 3.02. The lowest BCUT2D eigenvalue weighted by molar-refractivity contribution is 0.186. The number of aromatic nitrogens is 1. The molecule has 0 aliphatic rings. The molecule has 94 valence electrons. The molecule has 3 nitrogen and oxygen atoms in total. The monoisotopic (exact) mass is 266 g/mol. The van der Waals surface area contributed by atoms with Gasteiger partial charge in [-0.25, -0.2) is 9.37 Å². The van der Waals surface area contributed by atoms with Gasteiger partial charge in [-0.3, -0.25) is 0 Å². The Labute approximate surface area is 109 Å². The average Bonchev–Trinajstić information content (AvgIpc) is 2.38. The van der Waals surface area contributed by atoms with E-state index in [0.717, 1.165) is 0 Å². The molecule has 5 heteroatoms. The highest BCUT2D eigenvalue weighted by Crippen LogP contribution is 2.20. The van der Waals surface area contributed by atoms with Gasteiger partial charge in [0.05, 0.1) is 11.1 Å². The molecule has 0 saturated heterocycles. The third kappa shape index (κ3) is 2.97. The minimum Gasteiger partial charge on any atom is -0.386 e. The van der Waals surface area contributed by atoms with E-state index in [0.29, 0.717) is 10.8 Å². The first kappa shape index (κ1) is 12.8. The van der Waals surface area contributed by atoms with E-state index >= 15 is 0 Å². The Hall–Kier alpha value is -1.65. The second kappa shape index (κ2) is 5.80. The summed E-state index contributed by atoms with van der Waals surface area (Å²) in [7, 11) is 0. The summed E-state index contributed by atoms with van der Waals surface area (Å²) in [4.78, 5) is 4.02. The maximum absolute atomic E-state index is 13.4. The molecule has 1 aromatic heterocycles. The van der Waals surface area contributed by atoms with Gasteiger partial charge in [0.15, 0.2) is 0 Å². The van der Waals surface area contributed by atoms with Gasteiger partial charge in [0.1, 0.15) is 11.6 Å². The third-order valence-electron chi connectivity index (χ3n) is 2.49. The Morgan fingerprint density at radius 2 is 2.06 bits per heavy atom. The zero-order valence-electron chi connectivity index (χ0n) is 9.48. The molecular weight excluding hydrogens is 255 g/mol. The van der Waals surface area contributed by atoms with Crippen LogP contribution in [-0.2, 0) is 0 Å². The molecule has 18 heavy (non-hydrogen) atoms. The van der Waals surface area contributed by atoms with Crippen LogP contribution >= 0.6 is 11.6 Å². The van der Waals surface area contributed by atoms with Crippen molar-refractivity contribution in [3.8, 4) is 0 Å². The van der Waals surface area contributed by atoms with Crippen molar-refractivity contribution in [1.82, 2.24) is 4.98 Å². The summed E-state index contributed by atoms with van der Waals surface area (Å²) in [6.07, 6.45) is 0.633. The molecule has 1 aromatic carbocycles. The summed E-state index contributed by atoms with van der Waals surface area (Å²) >= 11 is 5.90. The number of anilines is 1. The number of halogens is 2. The van der Waals surface area contributed by atoms with Crippen molar-refractivity contribution >= 4 is 17.4 Å². The van der Waals surface area contributed by atoms with E-state index in [1.165, 1.54) is 6.07 Å². The highest BCUT2D eigenvalue weighted by atomic mass is 35.5. The predicted molar refractivity (Wildman–Crippen MR) is 69.1 cm³/mol. The number of hydrogen-bond acceptors (Lipinski definition) is 3. The smallest absolute Gasteiger partial charge is 0.144 e. The van der Waals surface area contributed by atoms with E-state index in [1.807, 2.05) is 0 Å². The molecular formula is C13H12ClFN2O. The maximum Gasteiger partial charge on any atom is 0.144 e. The molecule has 2 rings (SSSR count). The van der Waals surface area contributed by atoms with Crippen LogP contribution in [0.3, 0.4) is 0 Å². The van der Waals surface area contributed by atoms with Crippen molar-refractivity contribution in [2.75, 3.05) is 11.9 Å². The summed E-state index contributed by atoms with van der Waals surface area (Å²) in [6.45, 7) is 0.137. The molecule has 2 aromatic rings. The topological polar surface area (TPSA) is 45.1 Å². The second-order valence-corrected chi connectivity index (χ2v) is 4.16. The molecule has 0 aliphatic carbocycles. The van der Waals surface area contributed by atoms with Gasteiger partial charge in [-0.2, -0.15) is 0 Å². The zero-order valence-corrected chi connectivity index (χ0v) is 10.2. The molecule has 0 unspecified atom stereocenters. The molecule has 0 aliphatic heterocycles. The number of rotatable bonds is 4. The number of nitrogens with one attached hydrogen (secondary N) is 1. The Morgan fingerprint density at radius 3 is 2.78 bits per heavy atom. The SMILES string of the molecule is O[C@@H](CNc1ncccc1Cl)c1ccccc1F. The first-order chi connectivity index (χ1) is 8.68. The van der Waals surface area contributed by atoms with Crippen molar-refractivity contribution in [2.45, 2.75) is 6.10 Å². The van der Waals surface area contributed by atoms with Gasteiger partial charge in [0, 0.05) is 18.3 Å². The molecule has 0 radical (unpaired) electrons. The van der Waals surface area contributed by atoms with Gasteiger partial charge in [-0.1, -0.05) is 29.8 Å². The normalized spacial score (nSPS) is 12.2. The number of benzene rings is 1. The fourth-order valence-electron chi connectivity index (χ4n) is 1.56. The van der Waals surface area contributed by atoms with Crippen LogP contribution < -0.4 is 5.32 Å². The van der Waals surface area contributed by atoms with E-state index in [2.05, 4.69) is 10.3 Å². The lowest BCUT2D eigenvalue weighted by Crippen LogP contribution is -2.14. The van der Waals surface area contributed by atoms with Crippen molar-refractivity contribution in [2.24, 2.45) is 0 Å². The average molecular weight is 267 g/mol. The minimum absolute atomic E-state index is 0.137. The van der Waals surface area contributed by atoms with Crippen molar-refractivity contribution in [3.05, 3.63) is 59.0 Å². The molecule has 0 amide bonds. The first-order valence-corrected chi connectivity index (χ1v) is 5.83. The van der Waals surface area contributed by atoms with Crippen LogP contribution in [0, 0.1) is 5.82 Å². The molecule has 1 atom stereocenters. The molecule has 0 saturated carbocycles. The highest BCUT2D eigenvalue weighted by Gasteiger charge is 2.12. The number of aliphatic hydroxyl groups is 1. The van der Waals surface area contributed by atoms with Crippen LogP contribution in [0.4, 0.5) is 10.2 Å². The van der Waals surface area contributed by atoms with Gasteiger partial charge < -0.3 is 10.4 Å². The molecule has 0 fully saturated rings. The number of hydrogen-bond donors (Lipinski definition) is 2. The Kier molecular flexibility index (Phi) is 4.12. The third-order valence-corrected chi connectivity index (χ3v) is 2.79. The van der Waals surface area contributed by atoms with E-state index in [9.17, 15) is 9.50 Å². The summed E-state index contributed by atoms with van der Waals surface area (Å²) in [6, 6.07) is 9.51. The molecule has 2 N–H and O–H groups in total. The van der Waals surface area contributed by atoms with Crippen LogP contribution in [0.25, 0.3) is 0 Å². The Balaban J connectivity index is 2.03. The minimum atomic E-state index is -0.954. The van der Waals surface area contributed by atoms with Gasteiger partial charge in [0.2, 0.25) is 0 Å². The van der Waals surface area contributed by atoms with Crippen LogP contribution in [0.5, 0.6) is 0 Å². The summed E-state index contributed by atoms with van der Waals surface area (Å²) in [5.41, 5.74) is 0.247. The van der Waals surface area contributed by atoms with Crippen LogP contribution in [0.15, 0.2) is 42.6 Å². The van der Waals surface area contributed by atoms with Gasteiger partial charge in [-0.05, 0) is 18.2 Å². The molecule has 0 spiro atoms. The number of nitrogens with zero attached hydrogens (tertiary/aromatic N) is 1. The van der Waals surface area contributed by atoms with E-state index < -0.39 is 11.9 Å². The fraction of sp³-hybridized carbons (Fsp3) is 0.154. The Morgan fingerprint density at radius 1 is 1.28 bits per heavy atom. The molecule has 1 heterocycles. The van der Waals surface area contributed by atoms with E-state index in [1.54, 1.807) is 36.5 Å². The second-order valence-electron chi connectivity index (χ2n) is 3.75. The number of pyridine rings is 1. The largest absolute Gasteiger partial charge is 0.386 e. The van der Waals surface area contributed by atoms with Gasteiger partial charge in [0.25, 0.3) is 0 Å². The van der Waals surface area contributed by atoms with E-state index in [-0.39, 0.29) is 12.1 Å². The van der Waals surface area contributed by atoms with Crippen molar-refractivity contribution in [1.29, 1.82) is 0 Å². The quantitative estimate of drug-likeness (QED) is 0.894. The lowest BCUT2D eigenvalue weighted by atomic mass is 10.1. The fourth-order valence-corrected chi connectivity index (χ4v) is 1.75.